The fourth-order valence-corrected chi connectivity index (χ4v) is 2.06. The molecule has 0 aliphatic carbocycles. The maximum Gasteiger partial charge on any atom is 0.184 e. The molecule has 2 rings (SSSR count). The van der Waals surface area contributed by atoms with E-state index in [1.54, 1.807) is 6.07 Å². The molecule has 0 N–H and O–H groups in total. The number of nitriles is 1. The van der Waals surface area contributed by atoms with Crippen LogP contribution >= 0.6 is 0 Å². The zero-order chi connectivity index (χ0) is 15.6. The van der Waals surface area contributed by atoms with Crippen LogP contribution in [0.15, 0.2) is 36.4 Å². The number of halogens is 3. The summed E-state index contributed by atoms with van der Waals surface area (Å²) in [6, 6.07) is 7.87. The lowest BCUT2D eigenvalue weighted by Gasteiger charge is -2.11. The lowest BCUT2D eigenvalue weighted by atomic mass is 9.89. The summed E-state index contributed by atoms with van der Waals surface area (Å²) >= 11 is 0. The Morgan fingerprint density at radius 3 is 2.29 bits per heavy atom. The molecule has 5 heteroatoms. The van der Waals surface area contributed by atoms with Gasteiger partial charge >= 0.3 is 0 Å². The smallest absolute Gasteiger partial charge is 0.184 e. The zero-order valence-corrected chi connectivity index (χ0v) is 11.0. The Bertz CT molecular complexity index is 750. The summed E-state index contributed by atoms with van der Waals surface area (Å²) in [6.45, 7) is 1.52. The lowest BCUT2D eigenvalue weighted by Crippen LogP contribution is -2.14. The van der Waals surface area contributed by atoms with Crippen molar-refractivity contribution in [2.24, 2.45) is 0 Å². The first-order chi connectivity index (χ1) is 9.93. The largest absolute Gasteiger partial charge is 0.292 e. The number of carbonyl (C=O) groups excluding carboxylic acids is 1. The standard InChI is InChI=1S/C16H10F3NO/c1-9-6-10(17)2-4-12(9)16(21)14(8-20)13-5-3-11(18)7-15(13)19/h2-7,14H,1H3. The van der Waals surface area contributed by atoms with Gasteiger partial charge in [0, 0.05) is 17.2 Å². The Morgan fingerprint density at radius 1 is 1.10 bits per heavy atom. The third-order valence-electron chi connectivity index (χ3n) is 3.12. The van der Waals surface area contributed by atoms with Crippen molar-refractivity contribution in [3.05, 3.63) is 70.5 Å². The van der Waals surface area contributed by atoms with E-state index in [2.05, 4.69) is 0 Å². The first-order valence-corrected chi connectivity index (χ1v) is 6.09. The average molecular weight is 289 g/mol. The van der Waals surface area contributed by atoms with Crippen molar-refractivity contribution < 1.29 is 18.0 Å². The summed E-state index contributed by atoms with van der Waals surface area (Å²) in [4.78, 5) is 12.3. The van der Waals surface area contributed by atoms with Crippen LogP contribution in [0.3, 0.4) is 0 Å². The Hall–Kier alpha value is -2.61. The number of aryl methyl sites for hydroxylation is 1. The topological polar surface area (TPSA) is 40.9 Å². The van der Waals surface area contributed by atoms with E-state index in [1.165, 1.54) is 13.0 Å². The second-order valence-corrected chi connectivity index (χ2v) is 4.55. The van der Waals surface area contributed by atoms with Crippen LogP contribution < -0.4 is 0 Å². The van der Waals surface area contributed by atoms with Gasteiger partial charge in [-0.2, -0.15) is 5.26 Å². The first-order valence-electron chi connectivity index (χ1n) is 6.09. The highest BCUT2D eigenvalue weighted by atomic mass is 19.1. The minimum Gasteiger partial charge on any atom is -0.292 e. The molecule has 0 aromatic heterocycles. The predicted molar refractivity (Wildman–Crippen MR) is 70.2 cm³/mol. The predicted octanol–water partition coefficient (Wildman–Crippen LogP) is 3.90. The molecule has 0 spiro atoms. The lowest BCUT2D eigenvalue weighted by molar-refractivity contribution is 0.0976. The van der Waals surface area contributed by atoms with Crippen LogP contribution in [0.2, 0.25) is 0 Å². The van der Waals surface area contributed by atoms with Crippen molar-refractivity contribution >= 4 is 5.78 Å². The van der Waals surface area contributed by atoms with Gasteiger partial charge in [-0.3, -0.25) is 4.79 Å². The summed E-state index contributed by atoms with van der Waals surface area (Å²) < 4.78 is 39.7. The minimum absolute atomic E-state index is 0.131. The van der Waals surface area contributed by atoms with E-state index in [0.29, 0.717) is 11.6 Å². The van der Waals surface area contributed by atoms with Gasteiger partial charge in [0.15, 0.2) is 5.78 Å². The molecule has 0 saturated carbocycles. The maximum atomic E-state index is 13.7. The second-order valence-electron chi connectivity index (χ2n) is 4.55. The minimum atomic E-state index is -1.41. The Morgan fingerprint density at radius 2 is 1.71 bits per heavy atom. The molecule has 21 heavy (non-hydrogen) atoms. The van der Waals surface area contributed by atoms with Crippen LogP contribution in [-0.4, -0.2) is 5.78 Å². The normalized spacial score (nSPS) is 11.8. The van der Waals surface area contributed by atoms with Crippen molar-refractivity contribution in [1.82, 2.24) is 0 Å². The average Bonchev–Trinajstić information content (AvgIpc) is 2.41. The van der Waals surface area contributed by atoms with Gasteiger partial charge in [0.05, 0.1) is 6.07 Å². The van der Waals surface area contributed by atoms with E-state index in [1.807, 2.05) is 0 Å². The molecule has 0 aliphatic heterocycles. The van der Waals surface area contributed by atoms with Crippen molar-refractivity contribution in [3.63, 3.8) is 0 Å². The quantitative estimate of drug-likeness (QED) is 0.804. The van der Waals surface area contributed by atoms with Gasteiger partial charge in [-0.15, -0.1) is 0 Å². The molecule has 0 bridgehead atoms. The number of hydrogen-bond acceptors (Lipinski definition) is 2. The number of hydrogen-bond donors (Lipinski definition) is 0. The fraction of sp³-hybridized carbons (Fsp3) is 0.125. The summed E-state index contributed by atoms with van der Waals surface area (Å²) in [5.41, 5.74) is 0.280. The van der Waals surface area contributed by atoms with Crippen LogP contribution in [0, 0.1) is 35.7 Å². The molecule has 0 fully saturated rings. The number of carbonyl (C=O) groups is 1. The summed E-state index contributed by atoms with van der Waals surface area (Å²) in [5, 5.41) is 9.15. The molecule has 2 nitrogen and oxygen atoms in total. The first kappa shape index (κ1) is 14.8. The Labute approximate surface area is 119 Å². The molecular formula is C16H10F3NO. The molecule has 2 aromatic rings. The summed E-state index contributed by atoms with van der Waals surface area (Å²) in [7, 11) is 0. The van der Waals surface area contributed by atoms with Crippen LogP contribution in [0.4, 0.5) is 13.2 Å². The highest BCUT2D eigenvalue weighted by molar-refractivity contribution is 6.03. The SMILES string of the molecule is Cc1cc(F)ccc1C(=O)C(C#N)c1ccc(F)cc1F. The summed E-state index contributed by atoms with van der Waals surface area (Å²) in [6.07, 6.45) is 0. The van der Waals surface area contributed by atoms with Gasteiger partial charge < -0.3 is 0 Å². The molecule has 0 amide bonds. The molecule has 0 aliphatic rings. The number of Topliss-reactive ketones (excluding diaryl/α,β-unsaturated/α-hetero) is 1. The third kappa shape index (κ3) is 2.95. The van der Waals surface area contributed by atoms with Crippen molar-refractivity contribution in [2.75, 3.05) is 0 Å². The monoisotopic (exact) mass is 289 g/mol. The van der Waals surface area contributed by atoms with E-state index in [4.69, 9.17) is 5.26 Å². The zero-order valence-electron chi connectivity index (χ0n) is 11.0. The second kappa shape index (κ2) is 5.80. The number of rotatable bonds is 3. The van der Waals surface area contributed by atoms with Gasteiger partial charge in [-0.1, -0.05) is 6.07 Å². The van der Waals surface area contributed by atoms with Gasteiger partial charge in [-0.05, 0) is 36.8 Å². The van der Waals surface area contributed by atoms with Crippen molar-refractivity contribution in [2.45, 2.75) is 12.8 Å². The van der Waals surface area contributed by atoms with Crippen LogP contribution in [-0.2, 0) is 0 Å². The Balaban J connectivity index is 2.46. The van der Waals surface area contributed by atoms with Gasteiger partial charge in [0.1, 0.15) is 23.4 Å². The van der Waals surface area contributed by atoms with Crippen LogP contribution in [0.25, 0.3) is 0 Å². The fourth-order valence-electron chi connectivity index (χ4n) is 2.06. The van der Waals surface area contributed by atoms with E-state index in [9.17, 15) is 18.0 Å². The Kier molecular flexibility index (Phi) is 4.08. The number of benzene rings is 2. The van der Waals surface area contributed by atoms with Gasteiger partial charge in [-0.25, -0.2) is 13.2 Å². The van der Waals surface area contributed by atoms with Gasteiger partial charge in [0.2, 0.25) is 0 Å². The molecule has 1 unspecified atom stereocenters. The molecule has 0 saturated heterocycles. The highest BCUT2D eigenvalue weighted by Crippen LogP contribution is 2.25. The maximum absolute atomic E-state index is 13.7. The van der Waals surface area contributed by atoms with E-state index in [-0.39, 0.29) is 11.1 Å². The molecule has 0 radical (unpaired) electrons. The molecule has 0 heterocycles. The van der Waals surface area contributed by atoms with Gasteiger partial charge in [0.25, 0.3) is 0 Å². The molecule has 1 atom stereocenters. The molecular weight excluding hydrogens is 279 g/mol. The van der Waals surface area contributed by atoms with Crippen LogP contribution in [0.5, 0.6) is 0 Å². The van der Waals surface area contributed by atoms with E-state index < -0.39 is 29.2 Å². The van der Waals surface area contributed by atoms with E-state index >= 15 is 0 Å². The van der Waals surface area contributed by atoms with Crippen LogP contribution in [0.1, 0.15) is 27.4 Å². The molecule has 2 aromatic carbocycles. The number of ketones is 1. The third-order valence-corrected chi connectivity index (χ3v) is 3.12. The van der Waals surface area contributed by atoms with Crippen molar-refractivity contribution in [1.29, 1.82) is 5.26 Å². The molecule has 106 valence electrons. The van der Waals surface area contributed by atoms with Crippen molar-refractivity contribution in [3.8, 4) is 6.07 Å². The number of nitrogens with zero attached hydrogens (tertiary/aromatic N) is 1. The summed E-state index contributed by atoms with van der Waals surface area (Å²) in [5.74, 6) is -4.33. The van der Waals surface area contributed by atoms with E-state index in [0.717, 1.165) is 24.3 Å². The highest BCUT2D eigenvalue weighted by Gasteiger charge is 2.26.